The van der Waals surface area contributed by atoms with Gasteiger partial charge >= 0.3 is 0 Å². The Hall–Kier alpha value is -1.12. The first-order valence-electron chi connectivity index (χ1n) is 7.93. The second-order valence-electron chi connectivity index (χ2n) is 6.66. The smallest absolute Gasteiger partial charge is 0.243 e. The minimum absolute atomic E-state index is 0.0451. The zero-order valence-corrected chi connectivity index (χ0v) is 16.2. The Morgan fingerprint density at radius 1 is 1.33 bits per heavy atom. The van der Waals surface area contributed by atoms with Crippen LogP contribution in [0, 0.1) is 12.8 Å². The van der Waals surface area contributed by atoms with E-state index in [9.17, 15) is 16.8 Å². The zero-order chi connectivity index (χ0) is 18.1. The highest BCUT2D eigenvalue weighted by molar-refractivity contribution is 7.92. The second kappa shape index (κ2) is 7.01. The Balaban J connectivity index is 2.42. The molecule has 1 heterocycles. The number of sulfonamides is 1. The van der Waals surface area contributed by atoms with Gasteiger partial charge in [-0.1, -0.05) is 13.8 Å². The molecule has 1 aliphatic rings. The maximum atomic E-state index is 13.1. The molecule has 1 fully saturated rings. The summed E-state index contributed by atoms with van der Waals surface area (Å²) >= 11 is 0. The lowest BCUT2D eigenvalue weighted by atomic mass is 10.2. The molecule has 1 aromatic rings. The van der Waals surface area contributed by atoms with Crippen LogP contribution in [0.5, 0.6) is 5.75 Å². The largest absolute Gasteiger partial charge is 0.496 e. The van der Waals surface area contributed by atoms with Gasteiger partial charge in [0.25, 0.3) is 0 Å². The maximum absolute atomic E-state index is 13.1. The van der Waals surface area contributed by atoms with E-state index in [2.05, 4.69) is 0 Å². The predicted octanol–water partition coefficient (Wildman–Crippen LogP) is 1.84. The van der Waals surface area contributed by atoms with Gasteiger partial charge in [0.1, 0.15) is 5.75 Å². The summed E-state index contributed by atoms with van der Waals surface area (Å²) in [5, 5.41) is 0. The topological polar surface area (TPSA) is 80.8 Å². The van der Waals surface area contributed by atoms with Crippen LogP contribution in [0.25, 0.3) is 0 Å². The minimum atomic E-state index is -3.76. The molecule has 0 N–H and O–H groups in total. The Kier molecular flexibility index (Phi) is 5.61. The van der Waals surface area contributed by atoms with E-state index in [0.717, 1.165) is 5.56 Å². The molecular weight excluding hydrogens is 350 g/mol. The highest BCUT2D eigenvalue weighted by Crippen LogP contribution is 2.28. The van der Waals surface area contributed by atoms with E-state index >= 15 is 0 Å². The summed E-state index contributed by atoms with van der Waals surface area (Å²) in [7, 11) is -5.39. The van der Waals surface area contributed by atoms with Crippen LogP contribution in [-0.2, 0) is 19.9 Å². The molecule has 0 bridgehead atoms. The van der Waals surface area contributed by atoms with Gasteiger partial charge in [-0.05, 0) is 43.0 Å². The first-order valence-corrected chi connectivity index (χ1v) is 11.2. The van der Waals surface area contributed by atoms with E-state index in [1.165, 1.54) is 17.5 Å². The average Bonchev–Trinajstić information content (AvgIpc) is 2.84. The van der Waals surface area contributed by atoms with E-state index in [-0.39, 0.29) is 22.3 Å². The van der Waals surface area contributed by atoms with Crippen LogP contribution >= 0.6 is 0 Å². The third kappa shape index (κ3) is 4.10. The fourth-order valence-corrected chi connectivity index (χ4v) is 6.68. The molecule has 0 aromatic heterocycles. The van der Waals surface area contributed by atoms with Gasteiger partial charge in [-0.25, -0.2) is 16.8 Å². The van der Waals surface area contributed by atoms with Crippen LogP contribution in [0.2, 0.25) is 0 Å². The van der Waals surface area contributed by atoms with Crippen molar-refractivity contribution in [2.24, 2.45) is 5.92 Å². The fraction of sp³-hybridized carbons (Fsp3) is 0.625. The fourth-order valence-electron chi connectivity index (χ4n) is 2.95. The van der Waals surface area contributed by atoms with Gasteiger partial charge < -0.3 is 4.74 Å². The molecule has 0 spiro atoms. The molecule has 1 aromatic carbocycles. The van der Waals surface area contributed by atoms with Crippen molar-refractivity contribution < 1.29 is 21.6 Å². The Morgan fingerprint density at radius 2 is 2.00 bits per heavy atom. The zero-order valence-electron chi connectivity index (χ0n) is 14.5. The van der Waals surface area contributed by atoms with E-state index in [1.807, 2.05) is 13.8 Å². The molecule has 1 aliphatic heterocycles. The van der Waals surface area contributed by atoms with Crippen molar-refractivity contribution >= 4 is 19.9 Å². The van der Waals surface area contributed by atoms with E-state index in [4.69, 9.17) is 4.74 Å². The summed E-state index contributed by atoms with van der Waals surface area (Å²) in [4.78, 5) is 0.172. The van der Waals surface area contributed by atoms with Crippen molar-refractivity contribution in [1.82, 2.24) is 4.31 Å². The first kappa shape index (κ1) is 19.2. The molecule has 6 nitrogen and oxygen atoms in total. The maximum Gasteiger partial charge on any atom is 0.243 e. The molecule has 1 atom stereocenters. The van der Waals surface area contributed by atoms with E-state index in [0.29, 0.717) is 18.7 Å². The van der Waals surface area contributed by atoms with Gasteiger partial charge in [-0.2, -0.15) is 4.31 Å². The standard InChI is InChI=1S/C16H25NO5S2/c1-12(2)10-17(14-7-8-23(18,19)11-14)24(20,21)15-5-6-16(22-4)13(3)9-15/h5-6,9,12,14H,7-8,10-11H2,1-4H3. The lowest BCUT2D eigenvalue weighted by molar-refractivity contribution is 0.307. The first-order chi connectivity index (χ1) is 11.1. The van der Waals surface area contributed by atoms with Crippen molar-refractivity contribution in [3.8, 4) is 5.75 Å². The molecular formula is C16H25NO5S2. The highest BCUT2D eigenvalue weighted by Gasteiger charge is 2.39. The summed E-state index contributed by atoms with van der Waals surface area (Å²) in [6.45, 7) is 5.93. The molecule has 0 radical (unpaired) electrons. The summed E-state index contributed by atoms with van der Waals surface area (Å²) in [6.07, 6.45) is 0.351. The van der Waals surface area contributed by atoms with Gasteiger partial charge in [-0.3, -0.25) is 0 Å². The number of sulfone groups is 1. The normalized spacial score (nSPS) is 20.7. The molecule has 136 valence electrons. The minimum Gasteiger partial charge on any atom is -0.496 e. The molecule has 0 aliphatic carbocycles. The van der Waals surface area contributed by atoms with E-state index in [1.54, 1.807) is 19.1 Å². The number of hydrogen-bond acceptors (Lipinski definition) is 5. The van der Waals surface area contributed by atoms with Crippen molar-refractivity contribution in [3.05, 3.63) is 23.8 Å². The van der Waals surface area contributed by atoms with Gasteiger partial charge in [0.2, 0.25) is 10.0 Å². The summed E-state index contributed by atoms with van der Waals surface area (Å²) in [5.74, 6) is 0.660. The van der Waals surface area contributed by atoms with E-state index < -0.39 is 25.9 Å². The van der Waals surface area contributed by atoms with Crippen molar-refractivity contribution in [2.75, 3.05) is 25.2 Å². The molecule has 24 heavy (non-hydrogen) atoms. The lowest BCUT2D eigenvalue weighted by Crippen LogP contribution is -2.43. The molecule has 2 rings (SSSR count). The quantitative estimate of drug-likeness (QED) is 0.758. The molecule has 8 heteroatoms. The van der Waals surface area contributed by atoms with Gasteiger partial charge in [-0.15, -0.1) is 0 Å². The summed E-state index contributed by atoms with van der Waals surface area (Å²) < 4.78 is 56.3. The predicted molar refractivity (Wildman–Crippen MR) is 93.5 cm³/mol. The van der Waals surface area contributed by atoms with Gasteiger partial charge in [0.05, 0.1) is 23.5 Å². The van der Waals surface area contributed by atoms with Crippen molar-refractivity contribution in [2.45, 2.75) is 38.1 Å². The average molecular weight is 376 g/mol. The third-order valence-electron chi connectivity index (χ3n) is 4.13. The van der Waals surface area contributed by atoms with Crippen LogP contribution in [0.15, 0.2) is 23.1 Å². The number of benzene rings is 1. The number of aryl methyl sites for hydroxylation is 1. The van der Waals surface area contributed by atoms with Crippen LogP contribution < -0.4 is 4.74 Å². The van der Waals surface area contributed by atoms with Crippen molar-refractivity contribution in [3.63, 3.8) is 0 Å². The lowest BCUT2D eigenvalue weighted by Gasteiger charge is -2.29. The van der Waals surface area contributed by atoms with Gasteiger partial charge in [0.15, 0.2) is 9.84 Å². The number of methoxy groups -OCH3 is 1. The van der Waals surface area contributed by atoms with Gasteiger partial charge in [0, 0.05) is 12.6 Å². The SMILES string of the molecule is COc1ccc(S(=O)(=O)N(CC(C)C)C2CCS(=O)(=O)C2)cc1C. The monoisotopic (exact) mass is 375 g/mol. The second-order valence-corrected chi connectivity index (χ2v) is 10.8. The van der Waals surface area contributed by atoms with Crippen LogP contribution in [0.4, 0.5) is 0 Å². The molecule has 0 saturated carbocycles. The highest BCUT2D eigenvalue weighted by atomic mass is 32.2. The Bertz CT molecular complexity index is 800. The number of rotatable bonds is 6. The van der Waals surface area contributed by atoms with Crippen LogP contribution in [0.3, 0.4) is 0 Å². The number of ether oxygens (including phenoxy) is 1. The van der Waals surface area contributed by atoms with Crippen LogP contribution in [0.1, 0.15) is 25.8 Å². The Labute approximate surface area is 144 Å². The number of hydrogen-bond donors (Lipinski definition) is 0. The molecule has 1 saturated heterocycles. The number of nitrogens with zero attached hydrogens (tertiary/aromatic N) is 1. The van der Waals surface area contributed by atoms with Crippen LogP contribution in [-0.4, -0.2) is 52.3 Å². The summed E-state index contributed by atoms with van der Waals surface area (Å²) in [5.41, 5.74) is 0.724. The molecule has 1 unspecified atom stereocenters. The summed E-state index contributed by atoms with van der Waals surface area (Å²) in [6, 6.07) is 4.22. The third-order valence-corrected chi connectivity index (χ3v) is 7.80. The molecule has 0 amide bonds. The Morgan fingerprint density at radius 3 is 2.46 bits per heavy atom. The van der Waals surface area contributed by atoms with Crippen molar-refractivity contribution in [1.29, 1.82) is 0 Å².